The maximum Gasteiger partial charge on any atom is 0.263 e. The Morgan fingerprint density at radius 3 is 2.97 bits per heavy atom. The van der Waals surface area contributed by atoms with Gasteiger partial charge in [0, 0.05) is 26.2 Å². The van der Waals surface area contributed by atoms with Crippen LogP contribution in [0.1, 0.15) is 30.5 Å². The van der Waals surface area contributed by atoms with Crippen LogP contribution in [0.3, 0.4) is 0 Å². The topological polar surface area (TPSA) is 87.4 Å². The molecule has 1 fully saturated rings. The number of aromatic nitrogens is 3. The van der Waals surface area contributed by atoms with Crippen LogP contribution in [-0.4, -0.2) is 59.2 Å². The van der Waals surface area contributed by atoms with E-state index in [-0.39, 0.29) is 11.8 Å². The van der Waals surface area contributed by atoms with Crippen molar-refractivity contribution in [3.63, 3.8) is 0 Å². The Hall–Kier alpha value is -3.00. The monoisotopic (exact) mass is 422 g/mol. The van der Waals surface area contributed by atoms with Crippen LogP contribution in [0.5, 0.6) is 0 Å². The van der Waals surface area contributed by atoms with Crippen LogP contribution in [0.2, 0.25) is 0 Å². The molecule has 1 atom stereocenters. The number of nitrogens with zero attached hydrogens (tertiary/aromatic N) is 5. The summed E-state index contributed by atoms with van der Waals surface area (Å²) in [7, 11) is 2.11. The van der Waals surface area contributed by atoms with Gasteiger partial charge in [-0.15, -0.1) is 0 Å². The van der Waals surface area contributed by atoms with Crippen molar-refractivity contribution in [2.45, 2.75) is 32.7 Å². The first-order chi connectivity index (χ1) is 15.1. The van der Waals surface area contributed by atoms with Crippen molar-refractivity contribution in [1.82, 2.24) is 25.3 Å². The molecule has 8 nitrogen and oxygen atoms in total. The molecule has 1 unspecified atom stereocenters. The van der Waals surface area contributed by atoms with E-state index in [2.05, 4.69) is 61.6 Å². The second-order valence-corrected chi connectivity index (χ2v) is 8.30. The molecule has 31 heavy (non-hydrogen) atoms. The smallest absolute Gasteiger partial charge is 0.263 e. The van der Waals surface area contributed by atoms with E-state index in [1.165, 1.54) is 11.9 Å². The standard InChI is InChI=1S/C23H30N6O2/c1-17-20-21(25-16-26-23(20)31-27-17)29-13-6-10-19(15-29)22(30)24-11-7-12-28(2)14-18-8-4-3-5-9-18/h3-5,8-9,16,19H,6-7,10-15H2,1-2H3,(H,24,30). The third kappa shape index (κ3) is 5.19. The minimum Gasteiger partial charge on any atom is -0.356 e. The normalized spacial score (nSPS) is 16.7. The number of hydrogen-bond donors (Lipinski definition) is 1. The Morgan fingerprint density at radius 1 is 1.29 bits per heavy atom. The van der Waals surface area contributed by atoms with Gasteiger partial charge in [-0.1, -0.05) is 35.5 Å². The summed E-state index contributed by atoms with van der Waals surface area (Å²) in [6, 6.07) is 10.4. The molecule has 1 aliphatic heterocycles. The Bertz CT molecular complexity index is 1010. The number of anilines is 1. The molecule has 1 aliphatic rings. The van der Waals surface area contributed by atoms with E-state index >= 15 is 0 Å². The van der Waals surface area contributed by atoms with Crippen molar-refractivity contribution >= 4 is 22.8 Å². The molecule has 0 radical (unpaired) electrons. The lowest BCUT2D eigenvalue weighted by molar-refractivity contribution is -0.125. The molecule has 3 heterocycles. The Labute approximate surface area is 182 Å². The highest BCUT2D eigenvalue weighted by Crippen LogP contribution is 2.29. The summed E-state index contributed by atoms with van der Waals surface area (Å²) >= 11 is 0. The quantitative estimate of drug-likeness (QED) is 0.559. The highest BCUT2D eigenvalue weighted by molar-refractivity contribution is 5.88. The van der Waals surface area contributed by atoms with E-state index in [0.717, 1.165) is 55.8 Å². The van der Waals surface area contributed by atoms with Gasteiger partial charge < -0.3 is 19.6 Å². The lowest BCUT2D eigenvalue weighted by atomic mass is 9.97. The molecule has 1 aromatic carbocycles. The second kappa shape index (κ2) is 9.87. The predicted molar refractivity (Wildman–Crippen MR) is 120 cm³/mol. The van der Waals surface area contributed by atoms with E-state index < -0.39 is 0 Å². The molecule has 3 aromatic rings. The van der Waals surface area contributed by atoms with Crippen molar-refractivity contribution < 1.29 is 9.32 Å². The molecule has 2 aromatic heterocycles. The number of carbonyl (C=O) groups is 1. The summed E-state index contributed by atoms with van der Waals surface area (Å²) in [6.07, 6.45) is 4.27. The Kier molecular flexibility index (Phi) is 6.76. The van der Waals surface area contributed by atoms with Gasteiger partial charge in [0.1, 0.15) is 17.5 Å². The predicted octanol–water partition coefficient (Wildman–Crippen LogP) is 2.78. The van der Waals surface area contributed by atoms with Gasteiger partial charge in [0.15, 0.2) is 0 Å². The van der Waals surface area contributed by atoms with Crippen LogP contribution < -0.4 is 10.2 Å². The van der Waals surface area contributed by atoms with Crippen LogP contribution in [0.15, 0.2) is 41.2 Å². The molecule has 1 saturated heterocycles. The summed E-state index contributed by atoms with van der Waals surface area (Å²) in [6.45, 7) is 5.96. The zero-order valence-electron chi connectivity index (χ0n) is 18.3. The number of nitrogens with one attached hydrogen (secondary N) is 1. The molecule has 0 bridgehead atoms. The molecule has 0 saturated carbocycles. The maximum absolute atomic E-state index is 12.8. The fourth-order valence-corrected chi connectivity index (χ4v) is 4.21. The number of aryl methyl sites for hydroxylation is 1. The van der Waals surface area contributed by atoms with Crippen molar-refractivity contribution in [2.75, 3.05) is 38.1 Å². The zero-order valence-corrected chi connectivity index (χ0v) is 18.3. The Morgan fingerprint density at radius 2 is 2.13 bits per heavy atom. The van der Waals surface area contributed by atoms with Gasteiger partial charge in [0.05, 0.1) is 11.6 Å². The number of carbonyl (C=O) groups excluding carboxylic acids is 1. The Balaban J connectivity index is 1.26. The highest BCUT2D eigenvalue weighted by atomic mass is 16.5. The van der Waals surface area contributed by atoms with Crippen LogP contribution in [0.4, 0.5) is 5.82 Å². The van der Waals surface area contributed by atoms with Crippen LogP contribution >= 0.6 is 0 Å². The van der Waals surface area contributed by atoms with Gasteiger partial charge in [-0.05, 0) is 45.3 Å². The van der Waals surface area contributed by atoms with Crippen molar-refractivity contribution in [3.05, 3.63) is 47.9 Å². The number of fused-ring (bicyclic) bond motifs is 1. The summed E-state index contributed by atoms with van der Waals surface area (Å²) in [4.78, 5) is 25.8. The number of hydrogen-bond acceptors (Lipinski definition) is 7. The molecule has 1 N–H and O–H groups in total. The minimum atomic E-state index is -0.0408. The fraction of sp³-hybridized carbons (Fsp3) is 0.478. The van der Waals surface area contributed by atoms with Gasteiger partial charge in [-0.3, -0.25) is 4.79 Å². The van der Waals surface area contributed by atoms with Gasteiger partial charge in [-0.25, -0.2) is 4.98 Å². The fourth-order valence-electron chi connectivity index (χ4n) is 4.21. The minimum absolute atomic E-state index is 0.0408. The lowest BCUT2D eigenvalue weighted by Crippen LogP contribution is -2.44. The van der Waals surface area contributed by atoms with Crippen molar-refractivity contribution in [1.29, 1.82) is 0 Å². The van der Waals surface area contributed by atoms with E-state index in [1.807, 2.05) is 13.0 Å². The van der Waals surface area contributed by atoms with Gasteiger partial charge in [0.25, 0.3) is 5.71 Å². The van der Waals surface area contributed by atoms with Crippen LogP contribution in [-0.2, 0) is 11.3 Å². The number of piperidine rings is 1. The van der Waals surface area contributed by atoms with Gasteiger partial charge in [-0.2, -0.15) is 4.98 Å². The lowest BCUT2D eigenvalue weighted by Gasteiger charge is -2.33. The second-order valence-electron chi connectivity index (χ2n) is 8.30. The van der Waals surface area contributed by atoms with Crippen molar-refractivity contribution in [2.24, 2.45) is 5.92 Å². The van der Waals surface area contributed by atoms with E-state index in [1.54, 1.807) is 0 Å². The maximum atomic E-state index is 12.8. The molecule has 4 rings (SSSR count). The van der Waals surface area contributed by atoms with Gasteiger partial charge >= 0.3 is 0 Å². The third-order valence-corrected chi connectivity index (χ3v) is 5.83. The molecular weight excluding hydrogens is 392 g/mol. The molecule has 1 amide bonds. The first-order valence-electron chi connectivity index (χ1n) is 10.9. The van der Waals surface area contributed by atoms with Crippen LogP contribution in [0, 0.1) is 12.8 Å². The molecule has 0 spiro atoms. The summed E-state index contributed by atoms with van der Waals surface area (Å²) in [5.74, 6) is 0.896. The van der Waals surface area contributed by atoms with E-state index in [0.29, 0.717) is 18.8 Å². The average molecular weight is 423 g/mol. The largest absolute Gasteiger partial charge is 0.356 e. The molecular formula is C23H30N6O2. The molecule has 8 heteroatoms. The van der Waals surface area contributed by atoms with E-state index in [9.17, 15) is 4.79 Å². The number of benzene rings is 1. The first kappa shape index (κ1) is 21.2. The first-order valence-corrected chi connectivity index (χ1v) is 10.9. The van der Waals surface area contributed by atoms with E-state index in [4.69, 9.17) is 4.52 Å². The molecule has 0 aliphatic carbocycles. The van der Waals surface area contributed by atoms with Crippen LogP contribution in [0.25, 0.3) is 11.1 Å². The number of amides is 1. The summed E-state index contributed by atoms with van der Waals surface area (Å²) in [5.41, 5.74) is 2.57. The summed E-state index contributed by atoms with van der Waals surface area (Å²) < 4.78 is 5.27. The third-order valence-electron chi connectivity index (χ3n) is 5.83. The SMILES string of the molecule is Cc1noc2ncnc(N3CCCC(C(=O)NCCCN(C)Cc4ccccc4)C3)c12. The molecule has 164 valence electrons. The average Bonchev–Trinajstić information content (AvgIpc) is 3.18. The summed E-state index contributed by atoms with van der Waals surface area (Å²) in [5, 5.41) is 7.98. The zero-order chi connectivity index (χ0) is 21.6. The highest BCUT2D eigenvalue weighted by Gasteiger charge is 2.28. The van der Waals surface area contributed by atoms with Gasteiger partial charge in [0.2, 0.25) is 5.91 Å². The van der Waals surface area contributed by atoms with Crippen molar-refractivity contribution in [3.8, 4) is 0 Å². The number of rotatable bonds is 8.